The molecule has 90 valence electrons. The molecule has 0 aromatic carbocycles. The van der Waals surface area contributed by atoms with E-state index >= 15 is 0 Å². The van der Waals surface area contributed by atoms with Crippen LogP contribution in [0, 0.1) is 0 Å². The largest absolute Gasteiger partial charge is 0.480 e. The third-order valence-electron chi connectivity index (χ3n) is 2.14. The number of hydrogen-bond donors (Lipinski definition) is 2. The number of aromatic nitrogens is 2. The average molecular weight is 253 g/mol. The van der Waals surface area contributed by atoms with Gasteiger partial charge in [0.2, 0.25) is 11.7 Å². The Morgan fingerprint density at radius 1 is 1.71 bits per heavy atom. The number of rotatable bonds is 5. The summed E-state index contributed by atoms with van der Waals surface area (Å²) in [6, 6.07) is 3.15. The summed E-state index contributed by atoms with van der Waals surface area (Å²) in [7, 11) is 0. The van der Waals surface area contributed by atoms with Crippen LogP contribution >= 0.6 is 11.3 Å². The fourth-order valence-corrected chi connectivity index (χ4v) is 1.81. The van der Waals surface area contributed by atoms with Crippen molar-refractivity contribution in [3.8, 4) is 10.7 Å². The Kier molecular flexibility index (Phi) is 3.50. The fourth-order valence-electron chi connectivity index (χ4n) is 1.16. The Morgan fingerprint density at radius 2 is 2.53 bits per heavy atom. The molecule has 2 aromatic rings. The molecular formula is C10H11N3O3S. The highest BCUT2D eigenvalue weighted by atomic mass is 32.1. The number of carbonyl (C=O) groups is 1. The molecule has 2 aromatic heterocycles. The highest BCUT2D eigenvalue weighted by molar-refractivity contribution is 7.13. The second-order valence-corrected chi connectivity index (χ2v) is 4.38. The van der Waals surface area contributed by atoms with Gasteiger partial charge in [-0.15, -0.1) is 11.3 Å². The molecule has 1 atom stereocenters. The van der Waals surface area contributed by atoms with Crippen LogP contribution in [0.25, 0.3) is 10.7 Å². The molecule has 0 aliphatic heterocycles. The first kappa shape index (κ1) is 11.7. The molecule has 0 amide bonds. The molecule has 0 unspecified atom stereocenters. The summed E-state index contributed by atoms with van der Waals surface area (Å²) in [6.07, 6.45) is 0. The van der Waals surface area contributed by atoms with Gasteiger partial charge in [-0.05, 0) is 18.4 Å². The second kappa shape index (κ2) is 5.07. The van der Waals surface area contributed by atoms with E-state index < -0.39 is 12.0 Å². The Hall–Kier alpha value is -1.73. The smallest absolute Gasteiger partial charge is 0.320 e. The highest BCUT2D eigenvalue weighted by Crippen LogP contribution is 2.21. The van der Waals surface area contributed by atoms with E-state index in [2.05, 4.69) is 15.5 Å². The lowest BCUT2D eigenvalue weighted by atomic mass is 10.3. The first-order valence-corrected chi connectivity index (χ1v) is 5.87. The third-order valence-corrected chi connectivity index (χ3v) is 3.01. The van der Waals surface area contributed by atoms with Crippen LogP contribution in [0.15, 0.2) is 22.0 Å². The van der Waals surface area contributed by atoms with E-state index in [4.69, 9.17) is 9.63 Å². The molecule has 2 rings (SSSR count). The molecule has 0 saturated heterocycles. The standard InChI is InChI=1S/C10H11N3O3S/c1-6(10(14)15)11-5-8-12-9(13-16-8)7-3-2-4-17-7/h2-4,6,11H,5H2,1H3,(H,14,15)/t6-/m0/s1. The van der Waals surface area contributed by atoms with Gasteiger partial charge in [0.25, 0.3) is 0 Å². The van der Waals surface area contributed by atoms with Crippen LogP contribution < -0.4 is 5.32 Å². The van der Waals surface area contributed by atoms with Crippen LogP contribution in [0.3, 0.4) is 0 Å². The van der Waals surface area contributed by atoms with Crippen LogP contribution in [0.2, 0.25) is 0 Å². The van der Waals surface area contributed by atoms with E-state index in [-0.39, 0.29) is 6.54 Å². The molecule has 2 heterocycles. The van der Waals surface area contributed by atoms with E-state index in [0.717, 1.165) is 4.88 Å². The number of aliphatic carboxylic acids is 1. The molecule has 0 fully saturated rings. The van der Waals surface area contributed by atoms with Crippen molar-refractivity contribution >= 4 is 17.3 Å². The Labute approximate surface area is 101 Å². The molecule has 0 radical (unpaired) electrons. The van der Waals surface area contributed by atoms with Gasteiger partial charge in [-0.25, -0.2) is 0 Å². The summed E-state index contributed by atoms with van der Waals surface area (Å²) in [5, 5.41) is 17.2. The predicted octanol–water partition coefficient (Wildman–Crippen LogP) is 1.36. The van der Waals surface area contributed by atoms with Gasteiger partial charge < -0.3 is 9.63 Å². The van der Waals surface area contributed by atoms with Crippen LogP contribution in [0.5, 0.6) is 0 Å². The van der Waals surface area contributed by atoms with Gasteiger partial charge in [-0.3, -0.25) is 10.1 Å². The number of nitrogens with one attached hydrogen (secondary N) is 1. The zero-order valence-corrected chi connectivity index (χ0v) is 9.90. The summed E-state index contributed by atoms with van der Waals surface area (Å²) in [6.45, 7) is 1.80. The van der Waals surface area contributed by atoms with E-state index in [1.807, 2.05) is 17.5 Å². The van der Waals surface area contributed by atoms with Crippen molar-refractivity contribution < 1.29 is 14.4 Å². The molecule has 6 nitrogen and oxygen atoms in total. The average Bonchev–Trinajstić information content (AvgIpc) is 2.95. The zero-order valence-electron chi connectivity index (χ0n) is 9.08. The first-order valence-electron chi connectivity index (χ1n) is 4.99. The highest BCUT2D eigenvalue weighted by Gasteiger charge is 2.13. The Bertz CT molecular complexity index is 495. The molecule has 0 aliphatic rings. The van der Waals surface area contributed by atoms with Gasteiger partial charge >= 0.3 is 5.97 Å². The van der Waals surface area contributed by atoms with Crippen molar-refractivity contribution in [1.82, 2.24) is 15.5 Å². The van der Waals surface area contributed by atoms with Crippen molar-refractivity contribution in [3.63, 3.8) is 0 Å². The molecule has 0 aliphatic carbocycles. The summed E-state index contributed by atoms with van der Waals surface area (Å²) < 4.78 is 5.01. The molecule has 17 heavy (non-hydrogen) atoms. The van der Waals surface area contributed by atoms with Crippen molar-refractivity contribution in [3.05, 3.63) is 23.4 Å². The maximum absolute atomic E-state index is 10.6. The number of nitrogens with zero attached hydrogens (tertiary/aromatic N) is 2. The second-order valence-electron chi connectivity index (χ2n) is 3.43. The minimum absolute atomic E-state index is 0.242. The molecule has 2 N–H and O–H groups in total. The summed E-state index contributed by atoms with van der Waals surface area (Å²) >= 11 is 1.52. The van der Waals surface area contributed by atoms with Gasteiger partial charge in [-0.1, -0.05) is 11.2 Å². The number of hydrogen-bond acceptors (Lipinski definition) is 6. The first-order chi connectivity index (χ1) is 8.16. The number of carboxylic acids is 1. The quantitative estimate of drug-likeness (QED) is 0.836. The lowest BCUT2D eigenvalue weighted by Crippen LogP contribution is -2.33. The normalized spacial score (nSPS) is 12.5. The van der Waals surface area contributed by atoms with Crippen molar-refractivity contribution in [2.45, 2.75) is 19.5 Å². The van der Waals surface area contributed by atoms with Gasteiger partial charge in [-0.2, -0.15) is 4.98 Å². The van der Waals surface area contributed by atoms with E-state index in [1.54, 1.807) is 6.92 Å². The number of thiophene rings is 1. The lowest BCUT2D eigenvalue weighted by molar-refractivity contribution is -0.139. The number of carboxylic acid groups (broad SMARTS) is 1. The van der Waals surface area contributed by atoms with E-state index in [1.165, 1.54) is 11.3 Å². The monoisotopic (exact) mass is 253 g/mol. The lowest BCUT2D eigenvalue weighted by Gasteiger charge is -2.04. The molecule has 0 saturated carbocycles. The SMILES string of the molecule is C[C@H](NCc1nc(-c2cccs2)no1)C(=O)O. The van der Waals surface area contributed by atoms with Crippen molar-refractivity contribution in [2.24, 2.45) is 0 Å². The van der Waals surface area contributed by atoms with Crippen LogP contribution in [0.1, 0.15) is 12.8 Å². The van der Waals surface area contributed by atoms with Crippen LogP contribution in [-0.2, 0) is 11.3 Å². The van der Waals surface area contributed by atoms with Crippen molar-refractivity contribution in [2.75, 3.05) is 0 Å². The third kappa shape index (κ3) is 2.89. The minimum atomic E-state index is -0.914. The Balaban J connectivity index is 1.97. The van der Waals surface area contributed by atoms with Gasteiger partial charge in [0.05, 0.1) is 11.4 Å². The van der Waals surface area contributed by atoms with Gasteiger partial charge in [0, 0.05) is 0 Å². The summed E-state index contributed by atoms with van der Waals surface area (Å²) in [4.78, 5) is 15.7. The summed E-state index contributed by atoms with van der Waals surface area (Å²) in [5.41, 5.74) is 0. The Morgan fingerprint density at radius 3 is 3.18 bits per heavy atom. The molecule has 0 spiro atoms. The van der Waals surface area contributed by atoms with Gasteiger partial charge in [0.1, 0.15) is 6.04 Å². The van der Waals surface area contributed by atoms with Gasteiger partial charge in [0.15, 0.2) is 0 Å². The van der Waals surface area contributed by atoms with E-state index in [0.29, 0.717) is 11.7 Å². The fraction of sp³-hybridized carbons (Fsp3) is 0.300. The minimum Gasteiger partial charge on any atom is -0.480 e. The predicted molar refractivity (Wildman–Crippen MR) is 61.5 cm³/mol. The van der Waals surface area contributed by atoms with Crippen LogP contribution in [-0.4, -0.2) is 27.3 Å². The molecule has 7 heteroatoms. The van der Waals surface area contributed by atoms with Crippen LogP contribution in [0.4, 0.5) is 0 Å². The zero-order chi connectivity index (χ0) is 12.3. The maximum atomic E-state index is 10.6. The maximum Gasteiger partial charge on any atom is 0.320 e. The summed E-state index contributed by atoms with van der Waals surface area (Å²) in [5.74, 6) is -0.00993. The topological polar surface area (TPSA) is 88.3 Å². The molecule has 0 bridgehead atoms. The molecular weight excluding hydrogens is 242 g/mol. The van der Waals surface area contributed by atoms with E-state index in [9.17, 15) is 4.79 Å². The van der Waals surface area contributed by atoms with Crippen molar-refractivity contribution in [1.29, 1.82) is 0 Å².